The molecule has 1 aromatic heterocycles. The lowest BCUT2D eigenvalue weighted by atomic mass is 10.1. The first-order valence-electron chi connectivity index (χ1n) is 11.7. The summed E-state index contributed by atoms with van der Waals surface area (Å²) < 4.78 is 16.7. The van der Waals surface area contributed by atoms with Gasteiger partial charge in [-0.3, -0.25) is 4.57 Å². The summed E-state index contributed by atoms with van der Waals surface area (Å²) in [6, 6.07) is 33.4. The van der Waals surface area contributed by atoms with Crippen molar-refractivity contribution in [3.8, 4) is 0 Å². The van der Waals surface area contributed by atoms with Crippen molar-refractivity contribution in [2.75, 3.05) is 5.09 Å². The van der Waals surface area contributed by atoms with E-state index in [1.807, 2.05) is 84.9 Å². The van der Waals surface area contributed by atoms with Crippen LogP contribution < -0.4 is 5.09 Å². The molecule has 0 bridgehead atoms. The van der Waals surface area contributed by atoms with E-state index in [4.69, 9.17) is 23.2 Å². The number of hydrogen-bond acceptors (Lipinski definition) is 1. The van der Waals surface area contributed by atoms with Gasteiger partial charge in [-0.2, -0.15) is 0 Å². The molecular formula is C30H25Cl2N2OP. The Morgan fingerprint density at radius 2 is 1.28 bits per heavy atom. The third kappa shape index (κ3) is 5.01. The maximum Gasteiger partial charge on any atom is 0.216 e. The highest BCUT2D eigenvalue weighted by Crippen LogP contribution is 2.54. The zero-order valence-electron chi connectivity index (χ0n) is 19.7. The van der Waals surface area contributed by atoms with Gasteiger partial charge in [0.1, 0.15) is 0 Å². The second-order valence-electron chi connectivity index (χ2n) is 8.50. The molecule has 0 aliphatic carbocycles. The summed E-state index contributed by atoms with van der Waals surface area (Å²) >= 11 is 13.3. The third-order valence-corrected chi connectivity index (χ3v) is 8.95. The summed E-state index contributed by atoms with van der Waals surface area (Å²) in [6.45, 7) is 3.00. The predicted octanol–water partition coefficient (Wildman–Crippen LogP) is 9.98. The number of anilines is 1. The molecule has 36 heavy (non-hydrogen) atoms. The van der Waals surface area contributed by atoms with Crippen LogP contribution in [0.2, 0.25) is 0 Å². The highest BCUT2D eigenvalue weighted by atomic mass is 35.5. The number of hydrogen-bond donors (Lipinski definition) is 1. The topological polar surface area (TPSA) is 34.0 Å². The molecule has 0 fully saturated rings. The fourth-order valence-electron chi connectivity index (χ4n) is 4.45. The Balaban J connectivity index is 1.61. The van der Waals surface area contributed by atoms with E-state index < -0.39 is 7.29 Å². The van der Waals surface area contributed by atoms with Gasteiger partial charge in [0.2, 0.25) is 7.29 Å². The monoisotopic (exact) mass is 530 g/mol. The molecule has 0 atom stereocenters. The lowest BCUT2D eigenvalue weighted by Gasteiger charge is -2.16. The molecule has 0 spiro atoms. The Morgan fingerprint density at radius 3 is 1.86 bits per heavy atom. The summed E-state index contributed by atoms with van der Waals surface area (Å²) in [4.78, 5) is 0. The number of benzene rings is 4. The Labute approximate surface area is 221 Å². The van der Waals surface area contributed by atoms with E-state index in [2.05, 4.69) is 34.8 Å². The molecule has 0 saturated heterocycles. The molecule has 5 aromatic rings. The first-order chi connectivity index (χ1) is 17.5. The molecule has 1 heterocycles. The zero-order valence-corrected chi connectivity index (χ0v) is 22.1. The van der Waals surface area contributed by atoms with Crippen LogP contribution in [0, 0.1) is 0 Å². The number of para-hydroxylation sites is 1. The van der Waals surface area contributed by atoms with Gasteiger partial charge < -0.3 is 9.65 Å². The summed E-state index contributed by atoms with van der Waals surface area (Å²) in [5.74, 6) is 3.16. The zero-order chi connectivity index (χ0) is 25.1. The molecule has 0 radical (unpaired) electrons. The number of nitrogens with one attached hydrogen (secondary N) is 1. The van der Waals surface area contributed by atoms with Crippen molar-refractivity contribution in [2.45, 2.75) is 13.5 Å². The molecule has 3 nitrogen and oxygen atoms in total. The van der Waals surface area contributed by atoms with Crippen LogP contribution in [-0.2, 0) is 11.1 Å². The minimum atomic E-state index is -3.37. The number of halogens is 2. The molecule has 0 aliphatic heterocycles. The Hall–Kier alpha value is -3.23. The van der Waals surface area contributed by atoms with Gasteiger partial charge in [0.25, 0.3) is 0 Å². The molecule has 0 amide bonds. The standard InChI is InChI=1S/C30H25Cl2N2OP/c1-2-34-29-16-10-9-15-25(29)26-19-24(17-18-30(26)34)33-36(35,20-27(31)22-11-5-3-6-12-22)21-28(32)23-13-7-4-8-14-23/h3-21H,2H2,1H3,(H,33,35)/b27-20-,28-21-. The van der Waals surface area contributed by atoms with Gasteiger partial charge in [-0.25, -0.2) is 0 Å². The van der Waals surface area contributed by atoms with Crippen LogP contribution in [-0.4, -0.2) is 4.57 Å². The number of nitrogens with zero attached hydrogens (tertiary/aromatic N) is 1. The Bertz CT molecular complexity index is 1580. The van der Waals surface area contributed by atoms with E-state index in [0.717, 1.165) is 39.6 Å². The van der Waals surface area contributed by atoms with Crippen LogP contribution in [0.25, 0.3) is 31.9 Å². The van der Waals surface area contributed by atoms with Crippen LogP contribution in [0.5, 0.6) is 0 Å². The van der Waals surface area contributed by atoms with E-state index in [9.17, 15) is 4.57 Å². The molecule has 1 N–H and O–H groups in total. The van der Waals surface area contributed by atoms with Crippen LogP contribution in [0.3, 0.4) is 0 Å². The van der Waals surface area contributed by atoms with Crippen molar-refractivity contribution < 1.29 is 4.57 Å². The first-order valence-corrected chi connectivity index (χ1v) is 14.3. The quantitative estimate of drug-likeness (QED) is 0.212. The largest absolute Gasteiger partial charge is 0.341 e. The van der Waals surface area contributed by atoms with Gasteiger partial charge in [0.15, 0.2) is 0 Å². The third-order valence-electron chi connectivity index (χ3n) is 6.10. The second-order valence-corrected chi connectivity index (χ2v) is 11.5. The number of rotatable bonds is 7. The van der Waals surface area contributed by atoms with Crippen LogP contribution in [0.15, 0.2) is 115 Å². The minimum Gasteiger partial charge on any atom is -0.341 e. The number of fused-ring (bicyclic) bond motifs is 3. The van der Waals surface area contributed by atoms with Gasteiger partial charge in [-0.15, -0.1) is 0 Å². The van der Waals surface area contributed by atoms with E-state index in [-0.39, 0.29) is 0 Å². The fraction of sp³-hybridized carbons (Fsp3) is 0.0667. The minimum absolute atomic E-state index is 0.392. The molecule has 0 aliphatic rings. The number of aromatic nitrogens is 1. The van der Waals surface area contributed by atoms with E-state index in [1.54, 1.807) is 11.6 Å². The van der Waals surface area contributed by atoms with Crippen molar-refractivity contribution in [3.05, 3.63) is 126 Å². The SMILES string of the molecule is CCn1c2ccccc2c2cc(NP(=O)(/C=C(\Cl)c3ccccc3)/C=C(\Cl)c3ccccc3)ccc21. The van der Waals surface area contributed by atoms with E-state index in [0.29, 0.717) is 10.1 Å². The summed E-state index contributed by atoms with van der Waals surface area (Å²) in [7, 11) is -3.37. The smallest absolute Gasteiger partial charge is 0.216 e. The molecular weight excluding hydrogens is 506 g/mol. The molecule has 0 unspecified atom stereocenters. The predicted molar refractivity (Wildman–Crippen MR) is 157 cm³/mol. The van der Waals surface area contributed by atoms with Gasteiger partial charge in [-0.1, -0.05) is 102 Å². The van der Waals surface area contributed by atoms with Gasteiger partial charge in [0, 0.05) is 45.7 Å². The highest BCUT2D eigenvalue weighted by Gasteiger charge is 2.20. The maximum absolute atomic E-state index is 14.4. The van der Waals surface area contributed by atoms with E-state index in [1.165, 1.54) is 5.52 Å². The fourth-order valence-corrected chi connectivity index (χ4v) is 7.29. The Kier molecular flexibility index (Phi) is 7.07. The van der Waals surface area contributed by atoms with Crippen molar-refractivity contribution >= 4 is 68.1 Å². The van der Waals surface area contributed by atoms with E-state index >= 15 is 0 Å². The van der Waals surface area contributed by atoms with Crippen LogP contribution in [0.1, 0.15) is 18.1 Å². The van der Waals surface area contributed by atoms with Crippen LogP contribution in [0.4, 0.5) is 5.69 Å². The van der Waals surface area contributed by atoms with Gasteiger partial charge >= 0.3 is 0 Å². The first kappa shape index (κ1) is 24.5. The highest BCUT2D eigenvalue weighted by molar-refractivity contribution is 7.72. The maximum atomic E-state index is 14.4. The average molecular weight is 531 g/mol. The summed E-state index contributed by atoms with van der Waals surface area (Å²) in [5, 5.41) is 6.30. The van der Waals surface area contributed by atoms with Gasteiger partial charge in [-0.05, 0) is 42.3 Å². The Morgan fingerprint density at radius 1 is 0.750 bits per heavy atom. The van der Waals surface area contributed by atoms with Gasteiger partial charge in [0.05, 0.1) is 10.1 Å². The van der Waals surface area contributed by atoms with Crippen molar-refractivity contribution in [1.82, 2.24) is 4.57 Å². The number of aryl methyl sites for hydroxylation is 1. The molecule has 180 valence electrons. The van der Waals surface area contributed by atoms with Crippen molar-refractivity contribution in [2.24, 2.45) is 0 Å². The molecule has 4 aromatic carbocycles. The normalized spacial score (nSPS) is 12.9. The summed E-state index contributed by atoms with van der Waals surface area (Å²) in [5.41, 5.74) is 4.61. The van der Waals surface area contributed by atoms with Crippen molar-refractivity contribution in [1.29, 1.82) is 0 Å². The lowest BCUT2D eigenvalue weighted by Crippen LogP contribution is -1.95. The van der Waals surface area contributed by atoms with Crippen molar-refractivity contribution in [3.63, 3.8) is 0 Å². The lowest BCUT2D eigenvalue weighted by molar-refractivity contribution is 0.589. The molecule has 6 heteroatoms. The molecule has 5 rings (SSSR count). The molecule has 0 saturated carbocycles. The van der Waals surface area contributed by atoms with Crippen LogP contribution >= 0.6 is 30.5 Å². The average Bonchev–Trinajstić information content (AvgIpc) is 3.22. The second kappa shape index (κ2) is 10.4. The summed E-state index contributed by atoms with van der Waals surface area (Å²) in [6.07, 6.45) is 0.